The number of fused-ring (bicyclic) bond motifs is 1. The number of amides is 1. The molecule has 2 heterocycles. The van der Waals surface area contributed by atoms with Gasteiger partial charge in [0.2, 0.25) is 0 Å². The van der Waals surface area contributed by atoms with Crippen LogP contribution in [0.2, 0.25) is 5.02 Å². The maximum atomic E-state index is 13.4. The van der Waals surface area contributed by atoms with Crippen LogP contribution in [0.5, 0.6) is 11.5 Å². The largest absolute Gasteiger partial charge is 0.493 e. The third kappa shape index (κ3) is 6.24. The quantitative estimate of drug-likeness (QED) is 0.281. The number of alkyl halides is 3. The van der Waals surface area contributed by atoms with Gasteiger partial charge < -0.3 is 19.1 Å². The zero-order valence-corrected chi connectivity index (χ0v) is 23.0. The summed E-state index contributed by atoms with van der Waals surface area (Å²) in [6.45, 7) is 1.58. The molecule has 1 saturated heterocycles. The van der Waals surface area contributed by atoms with Crippen LogP contribution in [0, 0.1) is 0 Å². The van der Waals surface area contributed by atoms with Crippen LogP contribution in [0.25, 0.3) is 22.3 Å². The molecule has 0 bridgehead atoms. The average Bonchev–Trinajstić information content (AvgIpc) is 2.99. The van der Waals surface area contributed by atoms with Gasteiger partial charge in [-0.15, -0.1) is 0 Å². The molecule has 218 valence electrons. The maximum absolute atomic E-state index is 13.4. The molecule has 0 radical (unpaired) electrons. The van der Waals surface area contributed by atoms with Crippen LogP contribution in [0.3, 0.4) is 0 Å². The highest BCUT2D eigenvalue weighted by Crippen LogP contribution is 2.36. The zero-order valence-electron chi connectivity index (χ0n) is 22.2. The number of nitrogens with zero attached hydrogens (tertiary/aromatic N) is 4. The molecule has 0 unspecified atom stereocenters. The van der Waals surface area contributed by atoms with Crippen molar-refractivity contribution < 1.29 is 32.2 Å². The van der Waals surface area contributed by atoms with Crippen LogP contribution >= 0.6 is 11.6 Å². The van der Waals surface area contributed by atoms with Gasteiger partial charge in [-0.3, -0.25) is 9.59 Å². The Hall–Kier alpha value is -4.42. The summed E-state index contributed by atoms with van der Waals surface area (Å²) in [5.74, 6) is 0.0426. The fourth-order valence-corrected chi connectivity index (χ4v) is 4.64. The fraction of sp³-hybridized carbons (Fsp3) is 0.241. The Balaban J connectivity index is 1.50. The van der Waals surface area contributed by atoms with Crippen molar-refractivity contribution in [2.75, 3.05) is 40.0 Å². The summed E-state index contributed by atoms with van der Waals surface area (Å²) in [5.41, 5.74) is -0.729. The van der Waals surface area contributed by atoms with Crippen molar-refractivity contribution in [1.82, 2.24) is 14.6 Å². The summed E-state index contributed by atoms with van der Waals surface area (Å²) in [5, 5.41) is 4.63. The Bertz CT molecular complexity index is 1720. The third-order valence-electron chi connectivity index (χ3n) is 6.48. The molecule has 1 aliphatic rings. The van der Waals surface area contributed by atoms with E-state index in [0.29, 0.717) is 37.4 Å². The Morgan fingerprint density at radius 2 is 1.88 bits per heavy atom. The number of ether oxygens (including phenoxy) is 3. The van der Waals surface area contributed by atoms with Gasteiger partial charge in [0, 0.05) is 18.7 Å². The summed E-state index contributed by atoms with van der Waals surface area (Å²) >= 11 is 6.46. The van der Waals surface area contributed by atoms with E-state index in [-0.39, 0.29) is 45.8 Å². The molecule has 5 rings (SSSR count). The highest BCUT2D eigenvalue weighted by molar-refractivity contribution is 6.32. The lowest BCUT2D eigenvalue weighted by Gasteiger charge is -2.26. The predicted molar refractivity (Wildman–Crippen MR) is 150 cm³/mol. The van der Waals surface area contributed by atoms with Crippen molar-refractivity contribution in [1.29, 1.82) is 0 Å². The van der Waals surface area contributed by atoms with Crippen LogP contribution in [0.15, 0.2) is 70.6 Å². The summed E-state index contributed by atoms with van der Waals surface area (Å²) < 4.78 is 57.6. The maximum Gasteiger partial charge on any atom is 0.416 e. The van der Waals surface area contributed by atoms with Crippen LogP contribution in [0.1, 0.15) is 11.1 Å². The number of hydrogen-bond acceptors (Lipinski definition) is 7. The molecule has 0 aliphatic carbocycles. The number of halogens is 4. The van der Waals surface area contributed by atoms with Gasteiger partial charge in [0.25, 0.3) is 11.5 Å². The van der Waals surface area contributed by atoms with Crippen molar-refractivity contribution >= 4 is 34.6 Å². The first-order valence-corrected chi connectivity index (χ1v) is 13.1. The van der Waals surface area contributed by atoms with Crippen LogP contribution in [0.4, 0.5) is 13.2 Å². The number of rotatable bonds is 7. The standard InChI is InChI=1S/C29H24ClF3N4O5/c1-40-24-14-18(13-22(30)26(24)42-17-25(38)36-9-11-41-12-10-36)16-34-37-27(19-5-4-6-20(15-19)29(31,32)33)35-23-8-3-2-7-21(23)28(37)39/h2-8,13-16H,9-12,17H2,1H3. The minimum absolute atomic E-state index is 0.0501. The third-order valence-corrected chi connectivity index (χ3v) is 6.76. The van der Waals surface area contributed by atoms with Gasteiger partial charge in [-0.25, -0.2) is 4.98 Å². The van der Waals surface area contributed by atoms with Gasteiger partial charge in [-0.1, -0.05) is 35.9 Å². The average molecular weight is 601 g/mol. The monoisotopic (exact) mass is 600 g/mol. The number of benzene rings is 3. The molecule has 1 aromatic heterocycles. The van der Waals surface area contributed by atoms with Crippen LogP contribution in [-0.4, -0.2) is 66.7 Å². The number of methoxy groups -OCH3 is 1. The first-order chi connectivity index (χ1) is 20.2. The van der Waals surface area contributed by atoms with E-state index in [4.69, 9.17) is 25.8 Å². The molecule has 0 spiro atoms. The van der Waals surface area contributed by atoms with Crippen molar-refractivity contribution in [3.63, 3.8) is 0 Å². The van der Waals surface area contributed by atoms with Gasteiger partial charge >= 0.3 is 6.18 Å². The molecule has 1 aliphatic heterocycles. The van der Waals surface area contributed by atoms with Crippen molar-refractivity contribution in [3.05, 3.63) is 87.2 Å². The first kappa shape index (κ1) is 29.1. The Kier molecular flexibility index (Phi) is 8.46. The van der Waals surface area contributed by atoms with Gasteiger partial charge in [0.15, 0.2) is 23.9 Å². The molecule has 1 fully saturated rings. The molecule has 0 atom stereocenters. The van der Waals surface area contributed by atoms with Crippen molar-refractivity contribution in [2.45, 2.75) is 6.18 Å². The molecule has 13 heteroatoms. The van der Waals surface area contributed by atoms with E-state index in [0.717, 1.165) is 16.8 Å². The fourth-order valence-electron chi connectivity index (χ4n) is 4.37. The number of hydrogen-bond donors (Lipinski definition) is 0. The summed E-state index contributed by atoms with van der Waals surface area (Å²) in [4.78, 5) is 32.0. The molecular weight excluding hydrogens is 577 g/mol. The minimum Gasteiger partial charge on any atom is -0.493 e. The second kappa shape index (κ2) is 12.2. The zero-order chi connectivity index (χ0) is 29.9. The predicted octanol–water partition coefficient (Wildman–Crippen LogP) is 4.86. The van der Waals surface area contributed by atoms with Gasteiger partial charge in [0.1, 0.15) is 0 Å². The lowest BCUT2D eigenvalue weighted by molar-refractivity contribution is -0.138. The molecule has 3 aromatic carbocycles. The minimum atomic E-state index is -4.59. The van der Waals surface area contributed by atoms with Gasteiger partial charge in [0.05, 0.1) is 48.0 Å². The van der Waals surface area contributed by atoms with E-state index >= 15 is 0 Å². The Morgan fingerprint density at radius 1 is 1.12 bits per heavy atom. The lowest BCUT2D eigenvalue weighted by Crippen LogP contribution is -2.43. The summed E-state index contributed by atoms with van der Waals surface area (Å²) in [6.07, 6.45) is -3.29. The second-order valence-corrected chi connectivity index (χ2v) is 9.62. The summed E-state index contributed by atoms with van der Waals surface area (Å²) in [6, 6.07) is 14.0. The first-order valence-electron chi connectivity index (χ1n) is 12.8. The molecule has 0 saturated carbocycles. The number of para-hydroxylation sites is 1. The molecule has 4 aromatic rings. The molecule has 0 N–H and O–H groups in total. The number of aromatic nitrogens is 2. The highest BCUT2D eigenvalue weighted by Gasteiger charge is 2.31. The van der Waals surface area contributed by atoms with E-state index < -0.39 is 17.3 Å². The van der Waals surface area contributed by atoms with E-state index in [1.54, 1.807) is 29.2 Å². The van der Waals surface area contributed by atoms with E-state index in [1.165, 1.54) is 37.6 Å². The molecule has 9 nitrogen and oxygen atoms in total. The number of carbonyl (C=O) groups excluding carboxylic acids is 1. The SMILES string of the molecule is COc1cc(C=Nn2c(-c3cccc(C(F)(F)F)c3)nc3ccccc3c2=O)cc(Cl)c1OCC(=O)N1CCOCC1. The number of morpholine rings is 1. The van der Waals surface area contributed by atoms with Crippen LogP contribution in [-0.2, 0) is 15.7 Å². The second-order valence-electron chi connectivity index (χ2n) is 9.21. The number of carbonyl (C=O) groups is 1. The Labute approximate surface area is 242 Å². The van der Waals surface area contributed by atoms with E-state index in [2.05, 4.69) is 10.1 Å². The molecule has 42 heavy (non-hydrogen) atoms. The molecule has 1 amide bonds. The smallest absolute Gasteiger partial charge is 0.416 e. The lowest BCUT2D eigenvalue weighted by atomic mass is 10.1. The van der Waals surface area contributed by atoms with E-state index in [1.807, 2.05) is 0 Å². The van der Waals surface area contributed by atoms with Gasteiger partial charge in [-0.05, 0) is 42.0 Å². The van der Waals surface area contributed by atoms with Crippen molar-refractivity contribution in [2.24, 2.45) is 5.10 Å². The normalized spacial score (nSPS) is 14.0. The Morgan fingerprint density at radius 3 is 2.62 bits per heavy atom. The molecular formula is C29H24ClF3N4O5. The topological polar surface area (TPSA) is 95.2 Å². The van der Waals surface area contributed by atoms with Crippen molar-refractivity contribution in [3.8, 4) is 22.9 Å². The highest BCUT2D eigenvalue weighted by atomic mass is 35.5. The van der Waals surface area contributed by atoms with E-state index in [9.17, 15) is 22.8 Å². The van der Waals surface area contributed by atoms with Crippen LogP contribution < -0.4 is 15.0 Å². The summed E-state index contributed by atoms with van der Waals surface area (Å²) in [7, 11) is 1.40. The van der Waals surface area contributed by atoms with Gasteiger partial charge in [-0.2, -0.15) is 22.9 Å².